The summed E-state index contributed by atoms with van der Waals surface area (Å²) in [6.07, 6.45) is 0. The van der Waals surface area contributed by atoms with Crippen LogP contribution in [0.2, 0.25) is 0 Å². The van der Waals surface area contributed by atoms with Crippen molar-refractivity contribution in [2.75, 3.05) is 5.75 Å². The van der Waals surface area contributed by atoms with Gasteiger partial charge in [-0.05, 0) is 0 Å². The molecule has 0 amide bonds. The number of Topliss-reactive ketones (excluding diaryl/α,β-unsaturated/α-hetero) is 1. The largest absolute Gasteiger partial charge is 0.506 e. The number of carboxylic acids is 1. The van der Waals surface area contributed by atoms with Gasteiger partial charge in [-0.2, -0.15) is 0 Å². The maximum atomic E-state index is 12.2. The van der Waals surface area contributed by atoms with Gasteiger partial charge in [-0.15, -0.1) is 11.8 Å². The van der Waals surface area contributed by atoms with E-state index in [1.165, 1.54) is 11.8 Å². The number of hydrogen-bond acceptors (Lipinski definition) is 5. The molecule has 1 aromatic rings. The summed E-state index contributed by atoms with van der Waals surface area (Å²) in [5, 5.41) is 19.3. The molecule has 1 heterocycles. The molecular formula is C13H9NO4S. The Morgan fingerprint density at radius 2 is 2.00 bits per heavy atom. The van der Waals surface area contributed by atoms with Crippen LogP contribution in [0.5, 0.6) is 0 Å². The van der Waals surface area contributed by atoms with E-state index in [0.717, 1.165) is 0 Å². The Balaban J connectivity index is 2.05. The number of aliphatic imine (C=N–C) groups is 1. The molecule has 6 heteroatoms. The van der Waals surface area contributed by atoms with Crippen molar-refractivity contribution in [3.63, 3.8) is 0 Å². The van der Waals surface area contributed by atoms with E-state index >= 15 is 0 Å². The predicted octanol–water partition coefficient (Wildman–Crippen LogP) is 1.75. The van der Waals surface area contributed by atoms with Gasteiger partial charge >= 0.3 is 5.97 Å². The molecule has 19 heavy (non-hydrogen) atoms. The van der Waals surface area contributed by atoms with E-state index in [1.54, 1.807) is 24.3 Å². The second-order valence-corrected chi connectivity index (χ2v) is 5.21. The zero-order valence-corrected chi connectivity index (χ0v) is 10.5. The Bertz CT molecular complexity index is 662. The van der Waals surface area contributed by atoms with Crippen LogP contribution in [0.3, 0.4) is 0 Å². The number of aliphatic hydroxyl groups excluding tert-OH is 1. The van der Waals surface area contributed by atoms with Gasteiger partial charge in [0.15, 0.2) is 11.8 Å². The molecular weight excluding hydrogens is 266 g/mol. The lowest BCUT2D eigenvalue weighted by Gasteiger charge is -1.99. The molecule has 0 aromatic heterocycles. The summed E-state index contributed by atoms with van der Waals surface area (Å²) in [7, 11) is 0. The van der Waals surface area contributed by atoms with Crippen molar-refractivity contribution >= 4 is 34.3 Å². The van der Waals surface area contributed by atoms with Gasteiger partial charge in [0.2, 0.25) is 0 Å². The molecule has 2 N–H and O–H groups in total. The summed E-state index contributed by atoms with van der Waals surface area (Å²) in [5.74, 6) is -1.15. The van der Waals surface area contributed by atoms with Crippen molar-refractivity contribution in [3.05, 3.63) is 41.0 Å². The third-order valence-electron chi connectivity index (χ3n) is 3.04. The second-order valence-electron chi connectivity index (χ2n) is 4.20. The molecule has 0 bridgehead atoms. The summed E-state index contributed by atoms with van der Waals surface area (Å²) < 4.78 is 0. The van der Waals surface area contributed by atoms with Crippen LogP contribution in [0, 0.1) is 0 Å². The standard InChI is InChI=1S/C13H9NO4S/c15-10-6-3-1-2-4-7(6)11(16)9(10)12-14-8(5-19-12)13(17)18/h1-4,8,15H,5H2,(H,17,18). The SMILES string of the molecule is O=C1C(C2=NC(C(=O)O)CS2)=C(O)c2ccccc21. The van der Waals surface area contributed by atoms with Gasteiger partial charge in [-0.3, -0.25) is 9.79 Å². The van der Waals surface area contributed by atoms with E-state index in [-0.39, 0.29) is 22.9 Å². The summed E-state index contributed by atoms with van der Waals surface area (Å²) in [6, 6.07) is 5.89. The molecule has 0 saturated carbocycles. The fourth-order valence-corrected chi connectivity index (χ4v) is 3.17. The summed E-state index contributed by atoms with van der Waals surface area (Å²) >= 11 is 1.18. The first-order chi connectivity index (χ1) is 9.09. The molecule has 3 rings (SSSR count). The fourth-order valence-electron chi connectivity index (χ4n) is 2.10. The van der Waals surface area contributed by atoms with Crippen molar-refractivity contribution in [1.29, 1.82) is 0 Å². The topological polar surface area (TPSA) is 87.0 Å². The minimum absolute atomic E-state index is 0.113. The second kappa shape index (κ2) is 4.24. The van der Waals surface area contributed by atoms with E-state index < -0.39 is 12.0 Å². The molecule has 5 nitrogen and oxygen atoms in total. The van der Waals surface area contributed by atoms with Gasteiger partial charge in [0.05, 0.1) is 5.57 Å². The molecule has 1 unspecified atom stereocenters. The number of nitrogens with zero attached hydrogens (tertiary/aromatic N) is 1. The molecule has 0 spiro atoms. The third-order valence-corrected chi connectivity index (χ3v) is 4.11. The highest BCUT2D eigenvalue weighted by molar-refractivity contribution is 8.14. The molecule has 96 valence electrons. The Labute approximate surface area is 112 Å². The number of thioether (sulfide) groups is 1. The van der Waals surface area contributed by atoms with E-state index in [1.807, 2.05) is 0 Å². The van der Waals surface area contributed by atoms with Crippen LogP contribution in [0.15, 0.2) is 34.8 Å². The average molecular weight is 275 g/mol. The van der Waals surface area contributed by atoms with Crippen LogP contribution in [0.1, 0.15) is 15.9 Å². The highest BCUT2D eigenvalue weighted by Gasteiger charge is 2.36. The lowest BCUT2D eigenvalue weighted by atomic mass is 10.1. The number of benzene rings is 1. The summed E-state index contributed by atoms with van der Waals surface area (Å²) in [6.45, 7) is 0. The predicted molar refractivity (Wildman–Crippen MR) is 71.6 cm³/mol. The molecule has 1 aliphatic heterocycles. The molecule has 1 aromatic carbocycles. The van der Waals surface area contributed by atoms with E-state index in [9.17, 15) is 14.7 Å². The van der Waals surface area contributed by atoms with E-state index in [4.69, 9.17) is 5.11 Å². The maximum absolute atomic E-state index is 12.2. The maximum Gasteiger partial charge on any atom is 0.329 e. The van der Waals surface area contributed by atoms with Crippen molar-refractivity contribution in [3.8, 4) is 0 Å². The number of carbonyl (C=O) groups is 2. The van der Waals surface area contributed by atoms with Crippen molar-refractivity contribution in [2.24, 2.45) is 4.99 Å². The van der Waals surface area contributed by atoms with E-state index in [2.05, 4.69) is 4.99 Å². The first kappa shape index (κ1) is 12.0. The number of aliphatic hydroxyl groups is 1. The first-order valence-corrected chi connectivity index (χ1v) is 6.59. The zero-order valence-electron chi connectivity index (χ0n) is 9.66. The number of fused-ring (bicyclic) bond motifs is 1. The van der Waals surface area contributed by atoms with Crippen LogP contribution >= 0.6 is 11.8 Å². The molecule has 1 atom stereocenters. The first-order valence-electron chi connectivity index (χ1n) is 5.60. The Hall–Kier alpha value is -2.08. The Morgan fingerprint density at radius 1 is 1.32 bits per heavy atom. The van der Waals surface area contributed by atoms with Crippen molar-refractivity contribution in [1.82, 2.24) is 0 Å². The number of ketones is 1. The molecule has 0 saturated heterocycles. The lowest BCUT2D eigenvalue weighted by Crippen LogP contribution is -2.17. The summed E-state index contributed by atoms with van der Waals surface area (Å²) in [4.78, 5) is 27.1. The number of aliphatic carboxylic acids is 1. The van der Waals surface area contributed by atoms with Crippen LogP contribution in [-0.2, 0) is 4.79 Å². The van der Waals surface area contributed by atoms with Crippen LogP contribution in [0.4, 0.5) is 0 Å². The zero-order chi connectivity index (χ0) is 13.6. The smallest absolute Gasteiger partial charge is 0.329 e. The van der Waals surface area contributed by atoms with Crippen molar-refractivity contribution in [2.45, 2.75) is 6.04 Å². The van der Waals surface area contributed by atoms with Gasteiger partial charge in [0.1, 0.15) is 10.8 Å². The minimum atomic E-state index is -1.02. The average Bonchev–Trinajstić information content (AvgIpc) is 2.96. The number of hydrogen-bond donors (Lipinski definition) is 2. The monoisotopic (exact) mass is 275 g/mol. The normalized spacial score (nSPS) is 21.6. The number of carboxylic acid groups (broad SMARTS) is 1. The lowest BCUT2D eigenvalue weighted by molar-refractivity contribution is -0.137. The third kappa shape index (κ3) is 1.76. The van der Waals surface area contributed by atoms with Crippen LogP contribution in [0.25, 0.3) is 5.76 Å². The number of rotatable bonds is 2. The highest BCUT2D eigenvalue weighted by Crippen LogP contribution is 2.36. The number of carbonyl (C=O) groups excluding carboxylic acids is 1. The van der Waals surface area contributed by atoms with Gasteiger partial charge in [0.25, 0.3) is 0 Å². The van der Waals surface area contributed by atoms with Crippen molar-refractivity contribution < 1.29 is 19.8 Å². The van der Waals surface area contributed by atoms with Gasteiger partial charge < -0.3 is 10.2 Å². The Kier molecular flexibility index (Phi) is 2.67. The fraction of sp³-hybridized carbons (Fsp3) is 0.154. The highest BCUT2D eigenvalue weighted by atomic mass is 32.2. The Morgan fingerprint density at radius 3 is 2.58 bits per heavy atom. The molecule has 0 radical (unpaired) electrons. The quantitative estimate of drug-likeness (QED) is 0.858. The van der Waals surface area contributed by atoms with Crippen LogP contribution in [-0.4, -0.2) is 38.8 Å². The van der Waals surface area contributed by atoms with Gasteiger partial charge in [0, 0.05) is 16.9 Å². The van der Waals surface area contributed by atoms with Gasteiger partial charge in [-0.25, -0.2) is 4.79 Å². The molecule has 0 fully saturated rings. The molecule has 2 aliphatic rings. The van der Waals surface area contributed by atoms with Crippen LogP contribution < -0.4 is 0 Å². The van der Waals surface area contributed by atoms with E-state index in [0.29, 0.717) is 16.2 Å². The summed E-state index contributed by atoms with van der Waals surface area (Å²) in [5.41, 5.74) is 1.02. The molecule has 1 aliphatic carbocycles. The minimum Gasteiger partial charge on any atom is -0.506 e. The van der Waals surface area contributed by atoms with Gasteiger partial charge in [-0.1, -0.05) is 24.3 Å².